The van der Waals surface area contributed by atoms with E-state index in [1.807, 2.05) is 0 Å². The summed E-state index contributed by atoms with van der Waals surface area (Å²) in [6.45, 7) is -0.565. The minimum absolute atomic E-state index is 0.121. The number of thiazole rings is 1. The Balaban J connectivity index is 2.62. The van der Waals surface area contributed by atoms with Gasteiger partial charge in [0.15, 0.2) is 0 Å². The third-order valence-corrected chi connectivity index (χ3v) is 3.23. The maximum atomic E-state index is 12.5. The summed E-state index contributed by atoms with van der Waals surface area (Å²) in [5, 5.41) is 8.62. The van der Waals surface area contributed by atoms with Crippen molar-refractivity contribution < 1.29 is 23.1 Å². The highest BCUT2D eigenvalue weighted by Crippen LogP contribution is 2.32. The van der Waals surface area contributed by atoms with Gasteiger partial charge in [-0.2, -0.15) is 13.2 Å². The Kier molecular flexibility index (Phi) is 2.89. The molecule has 0 atom stereocenters. The predicted molar refractivity (Wildman–Crippen MR) is 58.7 cm³/mol. The Bertz CT molecular complexity index is 671. The van der Waals surface area contributed by atoms with E-state index < -0.39 is 29.1 Å². The molecule has 0 aliphatic carbocycles. The van der Waals surface area contributed by atoms with Crippen LogP contribution in [0.2, 0.25) is 0 Å². The number of nitrogens with zero attached hydrogens (tertiary/aromatic N) is 1. The van der Waals surface area contributed by atoms with Crippen LogP contribution in [0.4, 0.5) is 13.2 Å². The van der Waals surface area contributed by atoms with Crippen LogP contribution >= 0.6 is 11.3 Å². The third-order valence-electron chi connectivity index (χ3n) is 2.29. The maximum Gasteiger partial charge on any atom is 0.416 e. The average molecular weight is 277 g/mol. The number of benzene rings is 1. The van der Waals surface area contributed by atoms with Gasteiger partial charge in [-0.25, -0.2) is 0 Å². The van der Waals surface area contributed by atoms with E-state index in [9.17, 15) is 22.8 Å². The van der Waals surface area contributed by atoms with E-state index in [1.165, 1.54) is 0 Å². The Morgan fingerprint density at radius 1 is 1.39 bits per heavy atom. The smallest absolute Gasteiger partial charge is 0.416 e. The molecule has 0 saturated heterocycles. The molecule has 0 bridgehead atoms. The van der Waals surface area contributed by atoms with Crippen LogP contribution in [-0.2, 0) is 17.5 Å². The lowest BCUT2D eigenvalue weighted by atomic mass is 10.2. The van der Waals surface area contributed by atoms with Crippen LogP contribution in [-0.4, -0.2) is 15.6 Å². The molecule has 8 heteroatoms. The van der Waals surface area contributed by atoms with Gasteiger partial charge < -0.3 is 5.11 Å². The minimum Gasteiger partial charge on any atom is -0.480 e. The fraction of sp³-hybridized carbons (Fsp3) is 0.200. The van der Waals surface area contributed by atoms with Crippen molar-refractivity contribution in [1.82, 2.24) is 4.57 Å². The summed E-state index contributed by atoms with van der Waals surface area (Å²) in [6, 6.07) is 2.78. The Labute approximate surface area is 102 Å². The first-order chi connectivity index (χ1) is 8.29. The Hall–Kier alpha value is -1.83. The average Bonchev–Trinajstić information content (AvgIpc) is 2.53. The zero-order valence-corrected chi connectivity index (χ0v) is 9.51. The largest absolute Gasteiger partial charge is 0.480 e. The van der Waals surface area contributed by atoms with Crippen molar-refractivity contribution in [1.29, 1.82) is 0 Å². The second-order valence-corrected chi connectivity index (χ2v) is 4.52. The van der Waals surface area contributed by atoms with Crippen molar-refractivity contribution >= 4 is 27.5 Å². The fourth-order valence-corrected chi connectivity index (χ4v) is 2.46. The normalized spacial score (nSPS) is 11.9. The highest BCUT2D eigenvalue weighted by atomic mass is 32.1. The number of rotatable bonds is 2. The third kappa shape index (κ3) is 2.23. The van der Waals surface area contributed by atoms with Crippen LogP contribution in [0.3, 0.4) is 0 Å². The van der Waals surface area contributed by atoms with E-state index >= 15 is 0 Å². The number of hydrogen-bond acceptors (Lipinski definition) is 3. The van der Waals surface area contributed by atoms with Gasteiger partial charge in [0, 0.05) is 0 Å². The fourth-order valence-electron chi connectivity index (χ4n) is 1.53. The summed E-state index contributed by atoms with van der Waals surface area (Å²) >= 11 is 0.595. The summed E-state index contributed by atoms with van der Waals surface area (Å²) in [5.74, 6) is -1.23. The van der Waals surface area contributed by atoms with E-state index in [-0.39, 0.29) is 10.2 Å². The number of hydrogen-bond donors (Lipinski definition) is 1. The molecule has 18 heavy (non-hydrogen) atoms. The number of aromatic nitrogens is 1. The maximum absolute atomic E-state index is 12.5. The van der Waals surface area contributed by atoms with Gasteiger partial charge in [0.1, 0.15) is 6.54 Å². The number of alkyl halides is 3. The van der Waals surface area contributed by atoms with Crippen LogP contribution in [0, 0.1) is 0 Å². The molecule has 0 fully saturated rings. The predicted octanol–water partition coefficient (Wildman–Crippen LogP) is 2.17. The molecule has 2 aromatic rings. The lowest BCUT2D eigenvalue weighted by molar-refractivity contribution is -0.138. The Morgan fingerprint density at radius 3 is 2.61 bits per heavy atom. The first-order valence-electron chi connectivity index (χ1n) is 4.71. The van der Waals surface area contributed by atoms with Gasteiger partial charge in [-0.3, -0.25) is 14.2 Å². The molecule has 96 valence electrons. The van der Waals surface area contributed by atoms with Crippen molar-refractivity contribution in [2.45, 2.75) is 12.7 Å². The molecule has 0 radical (unpaired) electrons. The number of halogens is 3. The van der Waals surface area contributed by atoms with Gasteiger partial charge in [-0.15, -0.1) is 0 Å². The van der Waals surface area contributed by atoms with E-state index in [4.69, 9.17) is 5.11 Å². The molecule has 0 spiro atoms. The number of carbonyl (C=O) groups is 1. The van der Waals surface area contributed by atoms with Crippen molar-refractivity contribution in [2.75, 3.05) is 0 Å². The van der Waals surface area contributed by atoms with Gasteiger partial charge >= 0.3 is 17.0 Å². The van der Waals surface area contributed by atoms with Gasteiger partial charge in [0.2, 0.25) is 0 Å². The molecule has 0 aliphatic rings. The molecule has 1 heterocycles. The van der Waals surface area contributed by atoms with Crippen LogP contribution in [0.25, 0.3) is 10.2 Å². The first-order valence-corrected chi connectivity index (χ1v) is 5.53. The van der Waals surface area contributed by atoms with E-state index in [1.54, 1.807) is 0 Å². The van der Waals surface area contributed by atoms with E-state index in [0.29, 0.717) is 11.3 Å². The van der Waals surface area contributed by atoms with Gasteiger partial charge in [0.05, 0.1) is 15.8 Å². The van der Waals surface area contributed by atoms with Crippen molar-refractivity contribution in [3.8, 4) is 0 Å². The van der Waals surface area contributed by atoms with Crippen LogP contribution < -0.4 is 4.87 Å². The summed E-state index contributed by atoms with van der Waals surface area (Å²) in [6.07, 6.45) is -4.49. The highest BCUT2D eigenvalue weighted by molar-refractivity contribution is 7.16. The summed E-state index contributed by atoms with van der Waals surface area (Å²) in [4.78, 5) is 21.4. The standard InChI is InChI=1S/C10H6F3NO3S/c11-10(12,13)5-1-2-6-7(3-5)18-9(17)14(6)4-8(15)16/h1-3H,4H2,(H,15,16). The van der Waals surface area contributed by atoms with E-state index in [2.05, 4.69) is 0 Å². The van der Waals surface area contributed by atoms with Crippen LogP contribution in [0.1, 0.15) is 5.56 Å². The van der Waals surface area contributed by atoms with Crippen molar-refractivity contribution in [2.24, 2.45) is 0 Å². The van der Waals surface area contributed by atoms with Crippen molar-refractivity contribution in [3.05, 3.63) is 33.4 Å². The first kappa shape index (κ1) is 12.6. The lowest BCUT2D eigenvalue weighted by Crippen LogP contribution is -2.18. The van der Waals surface area contributed by atoms with Crippen LogP contribution in [0.5, 0.6) is 0 Å². The zero-order chi connectivity index (χ0) is 13.5. The SMILES string of the molecule is O=C(O)Cn1c(=O)sc2cc(C(F)(F)F)ccc21. The lowest BCUT2D eigenvalue weighted by Gasteiger charge is -2.06. The quantitative estimate of drug-likeness (QED) is 0.915. The summed E-state index contributed by atoms with van der Waals surface area (Å²) < 4.78 is 38.4. The van der Waals surface area contributed by atoms with E-state index in [0.717, 1.165) is 22.8 Å². The van der Waals surface area contributed by atoms with Gasteiger partial charge in [-0.1, -0.05) is 11.3 Å². The monoisotopic (exact) mass is 277 g/mol. The molecule has 0 aliphatic heterocycles. The molecule has 0 saturated carbocycles. The molecular formula is C10H6F3NO3S. The molecule has 1 N–H and O–H groups in total. The molecule has 1 aromatic carbocycles. The summed E-state index contributed by atoms with van der Waals surface area (Å²) in [5.41, 5.74) is -0.667. The number of aliphatic carboxylic acids is 1. The number of carboxylic acids is 1. The second-order valence-electron chi connectivity index (χ2n) is 3.53. The molecule has 2 rings (SSSR count). The molecule has 0 amide bonds. The minimum atomic E-state index is -4.49. The second kappa shape index (κ2) is 4.13. The molecular weight excluding hydrogens is 271 g/mol. The van der Waals surface area contributed by atoms with Gasteiger partial charge in [0.25, 0.3) is 0 Å². The molecule has 1 aromatic heterocycles. The summed E-state index contributed by atoms with van der Waals surface area (Å²) in [7, 11) is 0. The highest BCUT2D eigenvalue weighted by Gasteiger charge is 2.31. The van der Waals surface area contributed by atoms with Crippen molar-refractivity contribution in [3.63, 3.8) is 0 Å². The van der Waals surface area contributed by atoms with Gasteiger partial charge in [-0.05, 0) is 18.2 Å². The van der Waals surface area contributed by atoms with Crippen LogP contribution in [0.15, 0.2) is 23.0 Å². The molecule has 0 unspecified atom stereocenters. The zero-order valence-electron chi connectivity index (χ0n) is 8.69. The Morgan fingerprint density at radius 2 is 2.06 bits per heavy atom. The molecule has 4 nitrogen and oxygen atoms in total. The number of carboxylic acid groups (broad SMARTS) is 1. The number of fused-ring (bicyclic) bond motifs is 1. The topological polar surface area (TPSA) is 59.3 Å².